The highest BCUT2D eigenvalue weighted by Gasteiger charge is 2.31. The third-order valence-corrected chi connectivity index (χ3v) is 2.89. The third kappa shape index (κ3) is 1.98. The van der Waals surface area contributed by atoms with Crippen molar-refractivity contribution >= 4 is 23.2 Å². The zero-order chi connectivity index (χ0) is 13.3. The molecule has 1 saturated heterocycles. The van der Waals surface area contributed by atoms with E-state index < -0.39 is 6.04 Å². The Morgan fingerprint density at radius 2 is 2.22 bits per heavy atom. The van der Waals surface area contributed by atoms with Crippen molar-refractivity contribution in [3.05, 3.63) is 23.8 Å². The third-order valence-electron chi connectivity index (χ3n) is 2.89. The van der Waals surface area contributed by atoms with Gasteiger partial charge in [0.2, 0.25) is 11.8 Å². The Hall–Kier alpha value is -2.55. The van der Waals surface area contributed by atoms with Gasteiger partial charge in [0.25, 0.3) is 0 Å². The maximum atomic E-state index is 11.6. The number of nitriles is 1. The number of piperazine rings is 1. The quantitative estimate of drug-likeness (QED) is 0.534. The molecule has 18 heavy (non-hydrogen) atoms. The van der Waals surface area contributed by atoms with Crippen LogP contribution in [0.15, 0.2) is 18.2 Å². The molecule has 0 spiro atoms. The maximum Gasteiger partial charge on any atom is 0.249 e. The number of hydrogen-bond acceptors (Lipinski definition) is 5. The van der Waals surface area contributed by atoms with Gasteiger partial charge in [-0.2, -0.15) is 5.26 Å². The molecule has 1 aliphatic heterocycles. The largest absolute Gasteiger partial charge is 0.397 e. The average molecular weight is 244 g/mol. The van der Waals surface area contributed by atoms with Gasteiger partial charge in [-0.1, -0.05) is 0 Å². The van der Waals surface area contributed by atoms with E-state index in [0.717, 1.165) is 0 Å². The van der Waals surface area contributed by atoms with Crippen LogP contribution in [-0.2, 0) is 9.59 Å². The molecule has 1 aromatic carbocycles. The van der Waals surface area contributed by atoms with E-state index in [2.05, 4.69) is 5.32 Å². The topological polar surface area (TPSA) is 99.2 Å². The predicted octanol–water partition coefficient (Wildman–Crippen LogP) is -0.00822. The Morgan fingerprint density at radius 1 is 1.50 bits per heavy atom. The van der Waals surface area contributed by atoms with Crippen molar-refractivity contribution in [3.8, 4) is 6.07 Å². The van der Waals surface area contributed by atoms with Gasteiger partial charge in [-0.05, 0) is 25.1 Å². The van der Waals surface area contributed by atoms with Crippen LogP contribution < -0.4 is 16.0 Å². The van der Waals surface area contributed by atoms with Crippen LogP contribution in [0.2, 0.25) is 0 Å². The van der Waals surface area contributed by atoms with E-state index in [9.17, 15) is 9.59 Å². The van der Waals surface area contributed by atoms with Gasteiger partial charge >= 0.3 is 0 Å². The monoisotopic (exact) mass is 244 g/mol. The number of carbonyl (C=O) groups is 2. The summed E-state index contributed by atoms with van der Waals surface area (Å²) >= 11 is 0. The molecule has 0 aliphatic carbocycles. The fourth-order valence-electron chi connectivity index (χ4n) is 1.89. The first-order valence-corrected chi connectivity index (χ1v) is 5.43. The first kappa shape index (κ1) is 11.9. The van der Waals surface area contributed by atoms with Gasteiger partial charge in [0.05, 0.1) is 29.6 Å². The molecule has 92 valence electrons. The number of nitrogens with two attached hydrogens (primary N) is 1. The van der Waals surface area contributed by atoms with Crippen LogP contribution >= 0.6 is 0 Å². The Labute approximate surface area is 104 Å². The first-order valence-electron chi connectivity index (χ1n) is 5.43. The molecule has 0 radical (unpaired) electrons. The van der Waals surface area contributed by atoms with E-state index in [0.29, 0.717) is 16.9 Å². The Morgan fingerprint density at radius 3 is 2.83 bits per heavy atom. The smallest absolute Gasteiger partial charge is 0.249 e. The van der Waals surface area contributed by atoms with Crippen LogP contribution in [0, 0.1) is 11.3 Å². The molecule has 1 fully saturated rings. The summed E-state index contributed by atoms with van der Waals surface area (Å²) in [6, 6.07) is 6.29. The number of anilines is 2. The molecule has 1 unspecified atom stereocenters. The summed E-state index contributed by atoms with van der Waals surface area (Å²) in [6.45, 7) is 1.77. The highest BCUT2D eigenvalue weighted by Crippen LogP contribution is 2.26. The molecule has 1 aliphatic rings. The SMILES string of the molecule is CC1C(=O)NC(=O)CN1c1ccc(C#N)cc1N. The highest BCUT2D eigenvalue weighted by molar-refractivity contribution is 6.05. The number of hydrogen-bond donors (Lipinski definition) is 2. The molecule has 1 atom stereocenters. The van der Waals surface area contributed by atoms with Crippen molar-refractivity contribution < 1.29 is 9.59 Å². The van der Waals surface area contributed by atoms with E-state index in [-0.39, 0.29) is 18.4 Å². The second kappa shape index (κ2) is 4.37. The van der Waals surface area contributed by atoms with Gasteiger partial charge in [0.15, 0.2) is 0 Å². The van der Waals surface area contributed by atoms with Gasteiger partial charge < -0.3 is 10.6 Å². The number of nitrogen functional groups attached to an aromatic ring is 1. The van der Waals surface area contributed by atoms with Crippen LogP contribution in [0.25, 0.3) is 0 Å². The maximum absolute atomic E-state index is 11.6. The molecular formula is C12H12N4O2. The standard InChI is InChI=1S/C12H12N4O2/c1-7-12(18)15-11(17)6-16(7)10-3-2-8(5-13)4-9(10)14/h2-4,7H,6,14H2,1H3,(H,15,17,18). The van der Waals surface area contributed by atoms with Crippen LogP contribution in [-0.4, -0.2) is 24.4 Å². The minimum absolute atomic E-state index is 0.0724. The van der Waals surface area contributed by atoms with Crippen LogP contribution in [0.4, 0.5) is 11.4 Å². The van der Waals surface area contributed by atoms with Crippen LogP contribution in [0.5, 0.6) is 0 Å². The molecule has 2 rings (SSSR count). The normalized spacial score (nSPS) is 19.3. The van der Waals surface area contributed by atoms with Gasteiger partial charge in [-0.25, -0.2) is 0 Å². The molecule has 3 N–H and O–H groups in total. The van der Waals surface area contributed by atoms with Gasteiger partial charge in [0.1, 0.15) is 6.04 Å². The molecule has 2 amide bonds. The number of benzene rings is 1. The number of carbonyl (C=O) groups excluding carboxylic acids is 2. The fourth-order valence-corrected chi connectivity index (χ4v) is 1.89. The van der Waals surface area contributed by atoms with E-state index in [1.54, 1.807) is 24.0 Å². The molecule has 6 heteroatoms. The van der Waals surface area contributed by atoms with E-state index in [4.69, 9.17) is 11.0 Å². The summed E-state index contributed by atoms with van der Waals surface area (Å²) in [5.74, 6) is -0.711. The van der Waals surface area contributed by atoms with Crippen molar-refractivity contribution in [1.82, 2.24) is 5.32 Å². The lowest BCUT2D eigenvalue weighted by molar-refractivity contribution is -0.132. The first-order chi connectivity index (χ1) is 8.52. The summed E-state index contributed by atoms with van der Waals surface area (Å²) in [4.78, 5) is 24.5. The van der Waals surface area contributed by atoms with Crippen LogP contribution in [0.3, 0.4) is 0 Å². The number of amides is 2. The van der Waals surface area contributed by atoms with Crippen molar-refractivity contribution in [2.75, 3.05) is 17.2 Å². The fraction of sp³-hybridized carbons (Fsp3) is 0.250. The predicted molar refractivity (Wildman–Crippen MR) is 65.5 cm³/mol. The molecule has 0 bridgehead atoms. The second-order valence-electron chi connectivity index (χ2n) is 4.10. The molecule has 1 aromatic rings. The lowest BCUT2D eigenvalue weighted by atomic mass is 10.1. The number of nitrogens with one attached hydrogen (secondary N) is 1. The lowest BCUT2D eigenvalue weighted by Crippen LogP contribution is -2.57. The summed E-state index contributed by atoms with van der Waals surface area (Å²) < 4.78 is 0. The molecule has 1 heterocycles. The van der Waals surface area contributed by atoms with Crippen molar-refractivity contribution in [3.63, 3.8) is 0 Å². The van der Waals surface area contributed by atoms with E-state index in [1.807, 2.05) is 6.07 Å². The molecular weight excluding hydrogens is 232 g/mol. The van der Waals surface area contributed by atoms with Crippen molar-refractivity contribution in [1.29, 1.82) is 5.26 Å². The summed E-state index contributed by atoms with van der Waals surface area (Å²) in [6.07, 6.45) is 0. The molecule has 0 saturated carbocycles. The molecule has 6 nitrogen and oxygen atoms in total. The lowest BCUT2D eigenvalue weighted by Gasteiger charge is -2.34. The van der Waals surface area contributed by atoms with Gasteiger partial charge in [-0.3, -0.25) is 14.9 Å². The average Bonchev–Trinajstić information content (AvgIpc) is 2.34. The number of nitrogens with zero attached hydrogens (tertiary/aromatic N) is 2. The minimum Gasteiger partial charge on any atom is -0.397 e. The molecule has 0 aromatic heterocycles. The number of rotatable bonds is 1. The summed E-state index contributed by atoms with van der Waals surface area (Å²) in [5.41, 5.74) is 7.25. The Bertz CT molecular complexity index is 562. The zero-order valence-corrected chi connectivity index (χ0v) is 9.80. The summed E-state index contributed by atoms with van der Waals surface area (Å²) in [7, 11) is 0. The second-order valence-corrected chi connectivity index (χ2v) is 4.10. The Kier molecular flexibility index (Phi) is 2.90. The van der Waals surface area contributed by atoms with Crippen LogP contribution in [0.1, 0.15) is 12.5 Å². The van der Waals surface area contributed by atoms with Gasteiger partial charge in [0, 0.05) is 0 Å². The zero-order valence-electron chi connectivity index (χ0n) is 9.80. The number of imide groups is 1. The summed E-state index contributed by atoms with van der Waals surface area (Å²) in [5, 5.41) is 11.0. The van der Waals surface area contributed by atoms with Gasteiger partial charge in [-0.15, -0.1) is 0 Å². The van der Waals surface area contributed by atoms with E-state index >= 15 is 0 Å². The highest BCUT2D eigenvalue weighted by atomic mass is 16.2. The Balaban J connectivity index is 2.39. The van der Waals surface area contributed by atoms with Crippen molar-refractivity contribution in [2.24, 2.45) is 0 Å². The van der Waals surface area contributed by atoms with E-state index in [1.165, 1.54) is 6.07 Å². The van der Waals surface area contributed by atoms with Crippen molar-refractivity contribution in [2.45, 2.75) is 13.0 Å². The minimum atomic E-state index is -0.474.